The highest BCUT2D eigenvalue weighted by Crippen LogP contribution is 2.42. The molecule has 3 aliphatic heterocycles. The number of hydrogen-bond donors (Lipinski definition) is 8. The molecule has 738 valence electrons. The first-order valence-electron chi connectivity index (χ1n) is 45.8. The van der Waals surface area contributed by atoms with Crippen LogP contribution in [0.15, 0.2) is 131 Å². The Morgan fingerprint density at radius 2 is 0.819 bits per heavy atom. The molecular weight excluding hydrogens is 1800 g/mol. The first kappa shape index (κ1) is 102. The van der Waals surface area contributed by atoms with Gasteiger partial charge in [0.05, 0.1) is 105 Å². The Hall–Kier alpha value is -13.5. The minimum atomic E-state index is -4.25. The SMILES string of the molecule is CCN(c1c(C)c(C(=O)NCc2c(OC)cc(C)[nH]c2=O)cc2c(-c3ccnc(N(C)C)c3)ncn12)C1CCN(CC(F)(F)F)CC1.CCN(c1c(C)c(C(=O)NCc2c(OC)cc(C)[nH]c2=O)cc2c(-c3ccnc(NC)c3)ncn12)C1CCN(CC(F)(F)F)CC1.CNc1cc(-c2ccn3c(C(C)C4CCN(CC(F)(F)F)CC4)c(C)c(C(=O)NCc4c(OC)cc(C)[nH]c4=O)cc23)ccn1. The second kappa shape index (κ2) is 43.5. The molecule has 3 aliphatic rings. The van der Waals surface area contributed by atoms with Gasteiger partial charge in [0.2, 0.25) is 0 Å². The van der Waals surface area contributed by atoms with E-state index in [9.17, 15) is 68.3 Å². The summed E-state index contributed by atoms with van der Waals surface area (Å²) in [5.41, 5.74) is 13.0. The van der Waals surface area contributed by atoms with Gasteiger partial charge >= 0.3 is 18.5 Å². The zero-order valence-electron chi connectivity index (χ0n) is 80.3. The number of aromatic nitrogens is 11. The number of H-pyrrole nitrogens is 3. The molecule has 1 unspecified atom stereocenters. The van der Waals surface area contributed by atoms with Crippen molar-refractivity contribution < 1.29 is 68.1 Å². The second-order valence-corrected chi connectivity index (χ2v) is 35.3. The third-order valence-electron chi connectivity index (χ3n) is 26.0. The molecule has 0 aliphatic carbocycles. The van der Waals surface area contributed by atoms with E-state index in [0.717, 1.165) is 56.5 Å². The number of ether oxygens (including phenoxy) is 3. The van der Waals surface area contributed by atoms with Crippen LogP contribution in [0.25, 0.3) is 50.2 Å². The minimum Gasteiger partial charge on any atom is -0.496 e. The minimum absolute atomic E-state index is 0.0332. The number of piperidine rings is 3. The van der Waals surface area contributed by atoms with Gasteiger partial charge in [-0.25, -0.2) is 24.9 Å². The number of imidazole rings is 2. The number of amides is 3. The number of fused-ring (bicyclic) bond motifs is 3. The van der Waals surface area contributed by atoms with Crippen LogP contribution in [0.4, 0.5) is 68.6 Å². The predicted molar refractivity (Wildman–Crippen MR) is 514 cm³/mol. The molecule has 3 saturated heterocycles. The Morgan fingerprint density at radius 3 is 1.19 bits per heavy atom. The average Bonchev–Trinajstić information content (AvgIpc) is 1.59. The maximum atomic E-state index is 13.9. The smallest absolute Gasteiger partial charge is 0.401 e. The van der Waals surface area contributed by atoms with Crippen LogP contribution in [0.2, 0.25) is 0 Å². The number of carbonyl (C=O) groups excluding carboxylic acids is 3. The number of alkyl halides is 9. The number of methoxy groups -OCH3 is 3. The molecule has 15 rings (SSSR count). The van der Waals surface area contributed by atoms with Crippen molar-refractivity contribution in [1.82, 2.24) is 83.7 Å². The van der Waals surface area contributed by atoms with Crippen LogP contribution in [0.5, 0.6) is 17.2 Å². The first-order valence-corrected chi connectivity index (χ1v) is 45.8. The van der Waals surface area contributed by atoms with Gasteiger partial charge in [-0.15, -0.1) is 0 Å². The zero-order valence-corrected chi connectivity index (χ0v) is 80.3. The highest BCUT2D eigenvalue weighted by molar-refractivity contribution is 6.02. The number of rotatable bonds is 29. The molecular formula is C98H119F9N22O9. The molecule has 15 heterocycles. The van der Waals surface area contributed by atoms with Crippen molar-refractivity contribution in [2.75, 3.05) is 147 Å². The normalized spacial score (nSPS) is 14.7. The lowest BCUT2D eigenvalue weighted by Gasteiger charge is -2.40. The van der Waals surface area contributed by atoms with Crippen molar-refractivity contribution in [2.45, 2.75) is 157 Å². The Kier molecular flexibility index (Phi) is 32.1. The molecule has 0 saturated carbocycles. The van der Waals surface area contributed by atoms with Gasteiger partial charge in [-0.3, -0.25) is 52.3 Å². The molecule has 31 nitrogen and oxygen atoms in total. The van der Waals surface area contributed by atoms with Crippen molar-refractivity contribution >= 4 is 63.4 Å². The lowest BCUT2D eigenvalue weighted by atomic mass is 9.81. The van der Waals surface area contributed by atoms with Crippen molar-refractivity contribution in [2.24, 2.45) is 5.92 Å². The summed E-state index contributed by atoms with van der Waals surface area (Å²) in [6, 6.07) is 23.8. The molecule has 12 aromatic heterocycles. The number of hydrogen-bond acceptors (Lipinski definition) is 22. The standard InChI is InChI=1S/C33H41F3N8O3.C33H39F3N6O3.C32H39F3N8O3/c1-7-43(23-9-12-42(13-10-23)18-33(34,35)36)32-21(3)24(30(45)38-17-25-27(47-6)14-20(2)40-31(25)46)16-26-29(39-19-44(26)32)22-8-11-37-28(15-22)41(4)5;1-19-14-28(45-5)26(32(44)40-19)17-39-31(43)25-16-27-24(23-6-10-38-29(15-23)37-4)9-13-42(27)30(21(25)3)20(2)22-7-11-41(12-8-22)18-33(34,35)36;1-6-42(22-8-11-41(12-9-22)17-32(33,34)35)31-20(3)23(29(44)38-16-24-26(46-5)13-19(2)40-30(24)45)15-25-28(39-18-43(25)31)21-7-10-37-27(14-21)36-4/h8,11,14-16,19,23H,7,9-10,12-13,17-18H2,1-6H3,(H,38,45)(H,40,46);6,9-10,13-16,20,22H,7-8,11-12,17-18H2,1-5H3,(H,37,38)(H,39,43)(H,40,44);7,10,13-15,18,22H,6,8-9,11-12,16-17H2,1-5H3,(H,36,37)(H,38,44)(H,40,45). The third kappa shape index (κ3) is 23.5. The quantitative estimate of drug-likeness (QED) is 0.0202. The summed E-state index contributed by atoms with van der Waals surface area (Å²) in [5, 5.41) is 14.8. The van der Waals surface area contributed by atoms with Gasteiger partial charge in [0.1, 0.15) is 59.0 Å². The van der Waals surface area contributed by atoms with Gasteiger partial charge in [-0.2, -0.15) is 39.5 Å². The Labute approximate surface area is 792 Å². The van der Waals surface area contributed by atoms with Crippen LogP contribution in [-0.2, 0) is 19.6 Å². The van der Waals surface area contributed by atoms with Gasteiger partial charge in [0.15, 0.2) is 0 Å². The lowest BCUT2D eigenvalue weighted by Crippen LogP contribution is -2.48. The van der Waals surface area contributed by atoms with E-state index in [0.29, 0.717) is 204 Å². The van der Waals surface area contributed by atoms with E-state index in [2.05, 4.69) is 77.6 Å². The number of nitrogens with one attached hydrogen (secondary N) is 8. The Bertz CT molecular complexity index is 6580. The fraction of sp³-hybridized carbons (Fsp3) is 0.439. The number of halogens is 9. The van der Waals surface area contributed by atoms with Crippen LogP contribution >= 0.6 is 0 Å². The van der Waals surface area contributed by atoms with Crippen LogP contribution in [-0.4, -0.2) is 238 Å². The highest BCUT2D eigenvalue weighted by atomic mass is 19.4. The van der Waals surface area contributed by atoms with Gasteiger partial charge in [0.25, 0.3) is 34.4 Å². The highest BCUT2D eigenvalue weighted by Gasteiger charge is 2.40. The Balaban J connectivity index is 0.000000175. The number of nitrogens with zero attached hydrogens (tertiary/aromatic N) is 14. The maximum Gasteiger partial charge on any atom is 0.401 e. The molecule has 0 radical (unpaired) electrons. The Morgan fingerprint density at radius 1 is 0.464 bits per heavy atom. The topological polar surface area (TPSA) is 335 Å². The van der Waals surface area contributed by atoms with Crippen LogP contribution in [0, 0.1) is 47.5 Å². The van der Waals surface area contributed by atoms with Gasteiger partial charge in [-0.05, 0) is 209 Å². The van der Waals surface area contributed by atoms with Gasteiger partial charge in [-0.1, -0.05) is 6.92 Å². The number of aryl methyl sites for hydroxylation is 3. The van der Waals surface area contributed by atoms with Crippen molar-refractivity contribution in [3.05, 3.63) is 220 Å². The summed E-state index contributed by atoms with van der Waals surface area (Å²) in [4.78, 5) is 121. The van der Waals surface area contributed by atoms with E-state index in [-0.39, 0.29) is 72.0 Å². The van der Waals surface area contributed by atoms with Crippen LogP contribution in [0.3, 0.4) is 0 Å². The van der Waals surface area contributed by atoms with Crippen molar-refractivity contribution in [3.8, 4) is 50.9 Å². The number of pyridine rings is 9. The van der Waals surface area contributed by atoms with Crippen LogP contribution in [0.1, 0.15) is 152 Å². The summed E-state index contributed by atoms with van der Waals surface area (Å²) in [5.74, 6) is 3.69. The average molecular weight is 1920 g/mol. The van der Waals surface area contributed by atoms with E-state index in [4.69, 9.17) is 24.2 Å². The first-order chi connectivity index (χ1) is 65.6. The largest absolute Gasteiger partial charge is 0.496 e. The second-order valence-electron chi connectivity index (χ2n) is 35.3. The van der Waals surface area contributed by atoms with E-state index in [1.54, 1.807) is 96.4 Å². The molecule has 3 fully saturated rings. The monoisotopic (exact) mass is 1920 g/mol. The predicted octanol–water partition coefficient (Wildman–Crippen LogP) is 14.8. The molecule has 40 heteroatoms. The summed E-state index contributed by atoms with van der Waals surface area (Å²) in [6.45, 7) is 17.2. The fourth-order valence-electron chi connectivity index (χ4n) is 19.1. The summed E-state index contributed by atoms with van der Waals surface area (Å²) < 4.78 is 140. The summed E-state index contributed by atoms with van der Waals surface area (Å²) in [6.07, 6.45) is 1.19. The molecule has 1 atom stereocenters. The third-order valence-corrected chi connectivity index (χ3v) is 26.0. The summed E-state index contributed by atoms with van der Waals surface area (Å²) >= 11 is 0. The van der Waals surface area contributed by atoms with Gasteiger partial charge < -0.3 is 74.8 Å². The van der Waals surface area contributed by atoms with Crippen molar-refractivity contribution in [1.29, 1.82) is 0 Å². The molecule has 12 aromatic rings. The van der Waals surface area contributed by atoms with E-state index in [1.807, 2.05) is 117 Å². The number of likely N-dealkylation sites (tertiary alicyclic amines) is 3. The van der Waals surface area contributed by atoms with E-state index >= 15 is 0 Å². The maximum absolute atomic E-state index is 13.9. The number of carbonyl (C=O) groups is 3. The molecule has 8 N–H and O–H groups in total. The molecule has 3 amide bonds. The molecule has 138 heavy (non-hydrogen) atoms. The lowest BCUT2D eigenvalue weighted by molar-refractivity contribution is -0.149. The fourth-order valence-corrected chi connectivity index (χ4v) is 19.1. The van der Waals surface area contributed by atoms with E-state index < -0.39 is 44.1 Å². The molecule has 0 bridgehead atoms. The number of anilines is 5. The van der Waals surface area contributed by atoms with Crippen LogP contribution < -0.4 is 72.2 Å². The molecule has 0 aromatic carbocycles. The van der Waals surface area contributed by atoms with Crippen molar-refractivity contribution in [3.63, 3.8) is 0 Å². The van der Waals surface area contributed by atoms with E-state index in [1.165, 1.54) is 36.0 Å². The zero-order chi connectivity index (χ0) is 99.7. The molecule has 0 spiro atoms. The number of aromatic amines is 3. The summed E-state index contributed by atoms with van der Waals surface area (Å²) in [7, 11) is 11.8. The van der Waals surface area contributed by atoms with Gasteiger partial charge in [0, 0.05) is 172 Å².